The topological polar surface area (TPSA) is 90.6 Å². The van der Waals surface area contributed by atoms with Crippen LogP contribution in [0.5, 0.6) is 0 Å². The fourth-order valence-electron chi connectivity index (χ4n) is 3.58. The molecule has 2 aromatic rings. The van der Waals surface area contributed by atoms with Crippen molar-refractivity contribution in [2.24, 2.45) is 0 Å². The molecule has 25 heavy (non-hydrogen) atoms. The number of aliphatic hydroxyl groups excluding tert-OH is 2. The summed E-state index contributed by atoms with van der Waals surface area (Å²) < 4.78 is 1.80. The molecule has 3 N–H and O–H groups in total. The van der Waals surface area contributed by atoms with Crippen LogP contribution in [0.15, 0.2) is 24.3 Å². The summed E-state index contributed by atoms with van der Waals surface area (Å²) in [6, 6.07) is 7.67. The Balaban J connectivity index is 1.58. The van der Waals surface area contributed by atoms with Crippen LogP contribution in [0.1, 0.15) is 39.8 Å². The van der Waals surface area contributed by atoms with Crippen molar-refractivity contribution in [3.8, 4) is 0 Å². The number of carbonyl (C=O) groups excluding carboxylic acids is 1. The number of para-hydroxylation sites is 1. The van der Waals surface area contributed by atoms with Gasteiger partial charge in [0.05, 0.1) is 42.3 Å². The van der Waals surface area contributed by atoms with Gasteiger partial charge in [-0.15, -0.1) is 0 Å². The molecule has 1 amide bonds. The standard InChI is InChI=1S/C18H22N4O3/c23-11-16(24)15-9-13-10-21(7-8-22(13)20-15)18(25)14-5-1-3-12-4-2-6-19-17(12)14/h1,3,5,9,16,19,23-24H,2,4,6-8,10-11H2/t16-/m1/s1. The Morgan fingerprint density at radius 2 is 2.24 bits per heavy atom. The number of fused-ring (bicyclic) bond motifs is 2. The summed E-state index contributed by atoms with van der Waals surface area (Å²) >= 11 is 0. The summed E-state index contributed by atoms with van der Waals surface area (Å²) in [5, 5.41) is 26.5. The van der Waals surface area contributed by atoms with Gasteiger partial charge < -0.3 is 20.4 Å². The van der Waals surface area contributed by atoms with Crippen LogP contribution in [0, 0.1) is 0 Å². The minimum atomic E-state index is -0.979. The Morgan fingerprint density at radius 3 is 3.08 bits per heavy atom. The first-order valence-electron chi connectivity index (χ1n) is 8.68. The molecule has 1 atom stereocenters. The Labute approximate surface area is 145 Å². The lowest BCUT2D eigenvalue weighted by Crippen LogP contribution is -2.38. The van der Waals surface area contributed by atoms with E-state index >= 15 is 0 Å². The van der Waals surface area contributed by atoms with Gasteiger partial charge in [0.15, 0.2) is 0 Å². The maximum atomic E-state index is 13.0. The predicted molar refractivity (Wildman–Crippen MR) is 92.3 cm³/mol. The number of amides is 1. The van der Waals surface area contributed by atoms with Crippen LogP contribution in [0.3, 0.4) is 0 Å². The molecule has 1 aromatic carbocycles. The number of anilines is 1. The number of nitrogens with zero attached hydrogens (tertiary/aromatic N) is 3. The molecule has 0 unspecified atom stereocenters. The molecule has 2 aliphatic heterocycles. The zero-order chi connectivity index (χ0) is 17.4. The van der Waals surface area contributed by atoms with Gasteiger partial charge in [-0.05, 0) is 30.5 Å². The first-order valence-corrected chi connectivity index (χ1v) is 8.68. The van der Waals surface area contributed by atoms with Crippen molar-refractivity contribution in [3.63, 3.8) is 0 Å². The quantitative estimate of drug-likeness (QED) is 0.772. The monoisotopic (exact) mass is 342 g/mol. The normalized spacial score (nSPS) is 17.4. The average molecular weight is 342 g/mol. The van der Waals surface area contributed by atoms with Gasteiger partial charge in [-0.3, -0.25) is 9.48 Å². The molecular formula is C18H22N4O3. The third-order valence-corrected chi connectivity index (χ3v) is 4.92. The van der Waals surface area contributed by atoms with Crippen molar-refractivity contribution in [2.75, 3.05) is 25.0 Å². The van der Waals surface area contributed by atoms with Crippen molar-refractivity contribution >= 4 is 11.6 Å². The molecule has 4 rings (SSSR count). The molecule has 1 aromatic heterocycles. The van der Waals surface area contributed by atoms with E-state index in [9.17, 15) is 9.90 Å². The molecule has 0 spiro atoms. The lowest BCUT2D eigenvalue weighted by molar-refractivity contribution is 0.0705. The van der Waals surface area contributed by atoms with Gasteiger partial charge >= 0.3 is 0 Å². The lowest BCUT2D eigenvalue weighted by atomic mass is 9.98. The van der Waals surface area contributed by atoms with E-state index in [0.29, 0.717) is 25.3 Å². The molecule has 0 saturated heterocycles. The number of aliphatic hydroxyl groups is 2. The highest BCUT2D eigenvalue weighted by Gasteiger charge is 2.27. The van der Waals surface area contributed by atoms with Crippen LogP contribution in [-0.4, -0.2) is 50.5 Å². The average Bonchev–Trinajstić information content (AvgIpc) is 3.09. The van der Waals surface area contributed by atoms with Crippen molar-refractivity contribution in [1.82, 2.24) is 14.7 Å². The van der Waals surface area contributed by atoms with Gasteiger partial charge in [0.1, 0.15) is 6.10 Å². The second kappa shape index (κ2) is 6.50. The van der Waals surface area contributed by atoms with Gasteiger partial charge in [-0.1, -0.05) is 12.1 Å². The molecule has 3 heterocycles. The summed E-state index contributed by atoms with van der Waals surface area (Å²) in [6.45, 7) is 2.15. The molecule has 0 radical (unpaired) electrons. The molecular weight excluding hydrogens is 320 g/mol. The number of aromatic nitrogens is 2. The van der Waals surface area contributed by atoms with E-state index in [1.165, 1.54) is 5.56 Å². The first-order chi connectivity index (χ1) is 12.2. The third-order valence-electron chi connectivity index (χ3n) is 4.92. The SMILES string of the molecule is O=C(c1cccc2c1NCCC2)N1CCn2nc([C@H](O)CO)cc2C1. The lowest BCUT2D eigenvalue weighted by Gasteiger charge is -2.29. The summed E-state index contributed by atoms with van der Waals surface area (Å²) in [5.74, 6) is 0.0166. The Kier molecular flexibility index (Phi) is 4.19. The molecule has 7 nitrogen and oxygen atoms in total. The molecule has 0 bridgehead atoms. The number of benzene rings is 1. The molecule has 0 saturated carbocycles. The van der Waals surface area contributed by atoms with Crippen LogP contribution >= 0.6 is 0 Å². The maximum absolute atomic E-state index is 13.0. The van der Waals surface area contributed by atoms with Gasteiger partial charge in [0, 0.05) is 13.1 Å². The number of nitrogens with one attached hydrogen (secondary N) is 1. The van der Waals surface area contributed by atoms with Crippen LogP contribution in [0.25, 0.3) is 0 Å². The summed E-state index contributed by atoms with van der Waals surface area (Å²) in [4.78, 5) is 14.9. The fraction of sp³-hybridized carbons (Fsp3) is 0.444. The highest BCUT2D eigenvalue weighted by atomic mass is 16.3. The summed E-state index contributed by atoms with van der Waals surface area (Å²) in [6.07, 6.45) is 1.11. The molecule has 132 valence electrons. The summed E-state index contributed by atoms with van der Waals surface area (Å²) in [5.41, 5.74) is 4.22. The maximum Gasteiger partial charge on any atom is 0.256 e. The largest absolute Gasteiger partial charge is 0.393 e. The van der Waals surface area contributed by atoms with Crippen molar-refractivity contribution < 1.29 is 15.0 Å². The highest BCUT2D eigenvalue weighted by Crippen LogP contribution is 2.28. The van der Waals surface area contributed by atoms with E-state index in [1.54, 1.807) is 10.7 Å². The summed E-state index contributed by atoms with van der Waals surface area (Å²) in [7, 11) is 0. The first kappa shape index (κ1) is 16.1. The number of rotatable bonds is 3. The van der Waals surface area contributed by atoms with E-state index in [1.807, 2.05) is 17.0 Å². The van der Waals surface area contributed by atoms with E-state index in [-0.39, 0.29) is 12.5 Å². The van der Waals surface area contributed by atoms with Gasteiger partial charge in [-0.25, -0.2) is 0 Å². The van der Waals surface area contributed by atoms with E-state index < -0.39 is 6.10 Å². The Morgan fingerprint density at radius 1 is 1.36 bits per heavy atom. The van der Waals surface area contributed by atoms with Gasteiger partial charge in [0.2, 0.25) is 0 Å². The van der Waals surface area contributed by atoms with Gasteiger partial charge in [-0.2, -0.15) is 5.10 Å². The minimum absolute atomic E-state index is 0.0166. The Hall–Kier alpha value is -2.38. The molecule has 0 fully saturated rings. The van der Waals surface area contributed by atoms with Crippen LogP contribution in [-0.2, 0) is 19.5 Å². The smallest absolute Gasteiger partial charge is 0.256 e. The Bertz CT molecular complexity index is 802. The third kappa shape index (κ3) is 2.89. The van der Waals surface area contributed by atoms with Crippen molar-refractivity contribution in [1.29, 1.82) is 0 Å². The zero-order valence-corrected chi connectivity index (χ0v) is 14.0. The van der Waals surface area contributed by atoms with E-state index in [0.717, 1.165) is 36.3 Å². The van der Waals surface area contributed by atoms with Gasteiger partial charge in [0.25, 0.3) is 5.91 Å². The fourth-order valence-corrected chi connectivity index (χ4v) is 3.58. The van der Waals surface area contributed by atoms with E-state index in [4.69, 9.17) is 5.11 Å². The number of hydrogen-bond acceptors (Lipinski definition) is 5. The molecule has 7 heteroatoms. The van der Waals surface area contributed by atoms with Crippen LogP contribution < -0.4 is 5.32 Å². The number of aryl methyl sites for hydroxylation is 1. The van der Waals surface area contributed by atoms with E-state index in [2.05, 4.69) is 16.5 Å². The van der Waals surface area contributed by atoms with Crippen LogP contribution in [0.2, 0.25) is 0 Å². The number of hydrogen-bond donors (Lipinski definition) is 3. The van der Waals surface area contributed by atoms with Crippen molar-refractivity contribution in [2.45, 2.75) is 32.0 Å². The minimum Gasteiger partial charge on any atom is -0.393 e. The predicted octanol–water partition coefficient (Wildman–Crippen LogP) is 0.923. The number of carbonyl (C=O) groups is 1. The second-order valence-corrected chi connectivity index (χ2v) is 6.58. The van der Waals surface area contributed by atoms with Crippen LogP contribution in [0.4, 0.5) is 5.69 Å². The zero-order valence-electron chi connectivity index (χ0n) is 14.0. The molecule has 0 aliphatic carbocycles. The van der Waals surface area contributed by atoms with Crippen molar-refractivity contribution in [3.05, 3.63) is 46.8 Å². The highest BCUT2D eigenvalue weighted by molar-refractivity contribution is 6.00. The molecule has 2 aliphatic rings. The second-order valence-electron chi connectivity index (χ2n) is 6.58.